The Kier molecular flexibility index (Phi) is 4.72. The minimum absolute atomic E-state index is 0.111. The van der Waals surface area contributed by atoms with Crippen molar-refractivity contribution in [3.63, 3.8) is 0 Å². The molecule has 0 aromatic heterocycles. The fourth-order valence-corrected chi connectivity index (χ4v) is 2.40. The van der Waals surface area contributed by atoms with Gasteiger partial charge in [-0.3, -0.25) is 0 Å². The van der Waals surface area contributed by atoms with Gasteiger partial charge in [0, 0.05) is 12.2 Å². The Labute approximate surface area is 120 Å². The van der Waals surface area contributed by atoms with E-state index in [4.69, 9.17) is 0 Å². The largest absolute Gasteiger partial charge is 0.416 e. The highest BCUT2D eigenvalue weighted by Gasteiger charge is 2.30. The number of carbonyl (C=O) groups is 1. The Balaban J connectivity index is 2.02. The van der Waals surface area contributed by atoms with Crippen molar-refractivity contribution < 1.29 is 23.1 Å². The number of likely N-dealkylation sites (tertiary alicyclic amines) is 1. The molecule has 2 rings (SSSR count). The van der Waals surface area contributed by atoms with E-state index in [9.17, 15) is 23.1 Å². The molecule has 0 radical (unpaired) electrons. The van der Waals surface area contributed by atoms with E-state index in [1.165, 1.54) is 17.0 Å². The van der Waals surface area contributed by atoms with Crippen molar-refractivity contribution in [1.29, 1.82) is 0 Å². The van der Waals surface area contributed by atoms with Gasteiger partial charge in [-0.25, -0.2) is 4.79 Å². The van der Waals surface area contributed by atoms with Crippen LogP contribution in [0.3, 0.4) is 0 Å². The summed E-state index contributed by atoms with van der Waals surface area (Å²) in [7, 11) is 0. The molecule has 1 fully saturated rings. The number of nitrogens with one attached hydrogen (secondary N) is 1. The Bertz CT molecular complexity index is 488. The van der Waals surface area contributed by atoms with Gasteiger partial charge in [0.2, 0.25) is 0 Å². The lowest BCUT2D eigenvalue weighted by atomic mass is 10.0. The molecular formula is C14H17F3N2O2. The maximum Gasteiger partial charge on any atom is 0.416 e. The van der Waals surface area contributed by atoms with Crippen LogP contribution in [0.4, 0.5) is 23.7 Å². The van der Waals surface area contributed by atoms with Crippen molar-refractivity contribution in [3.8, 4) is 0 Å². The van der Waals surface area contributed by atoms with Crippen LogP contribution < -0.4 is 5.32 Å². The van der Waals surface area contributed by atoms with Crippen molar-refractivity contribution in [2.24, 2.45) is 0 Å². The van der Waals surface area contributed by atoms with Crippen molar-refractivity contribution in [2.45, 2.75) is 31.5 Å². The van der Waals surface area contributed by atoms with E-state index in [0.29, 0.717) is 12.2 Å². The summed E-state index contributed by atoms with van der Waals surface area (Å²) < 4.78 is 37.3. The number of carbonyl (C=O) groups excluding carboxylic acids is 1. The number of piperidine rings is 1. The molecule has 0 saturated carbocycles. The Morgan fingerprint density at radius 1 is 1.29 bits per heavy atom. The number of benzene rings is 1. The SMILES string of the molecule is O=C(Nc1ccc(C(F)(F)F)cc1)N1CCCCC1CO. The number of halogens is 3. The molecule has 0 spiro atoms. The van der Waals surface area contributed by atoms with Gasteiger partial charge in [0.05, 0.1) is 18.2 Å². The molecule has 1 atom stereocenters. The summed E-state index contributed by atoms with van der Waals surface area (Å²) in [4.78, 5) is 13.6. The van der Waals surface area contributed by atoms with Gasteiger partial charge in [0.25, 0.3) is 0 Å². The fourth-order valence-electron chi connectivity index (χ4n) is 2.40. The first-order valence-electron chi connectivity index (χ1n) is 6.77. The Hall–Kier alpha value is -1.76. The smallest absolute Gasteiger partial charge is 0.394 e. The second-order valence-corrected chi connectivity index (χ2v) is 5.03. The lowest BCUT2D eigenvalue weighted by molar-refractivity contribution is -0.137. The van der Waals surface area contributed by atoms with Gasteiger partial charge in [-0.15, -0.1) is 0 Å². The number of rotatable bonds is 2. The number of hydrogen-bond acceptors (Lipinski definition) is 2. The van der Waals surface area contributed by atoms with Gasteiger partial charge in [-0.1, -0.05) is 0 Å². The highest BCUT2D eigenvalue weighted by molar-refractivity contribution is 5.89. The summed E-state index contributed by atoms with van der Waals surface area (Å²) in [6, 6.07) is 3.67. The molecule has 0 aliphatic carbocycles. The second kappa shape index (κ2) is 6.34. The Morgan fingerprint density at radius 2 is 1.95 bits per heavy atom. The number of nitrogens with zero attached hydrogens (tertiary/aromatic N) is 1. The quantitative estimate of drug-likeness (QED) is 0.882. The zero-order valence-corrected chi connectivity index (χ0v) is 11.4. The minimum Gasteiger partial charge on any atom is -0.394 e. The first-order chi connectivity index (χ1) is 9.91. The number of aliphatic hydroxyl groups is 1. The molecule has 1 heterocycles. The first kappa shape index (κ1) is 15.6. The monoisotopic (exact) mass is 302 g/mol. The van der Waals surface area contributed by atoms with E-state index >= 15 is 0 Å². The Morgan fingerprint density at radius 3 is 2.52 bits per heavy atom. The third-order valence-electron chi connectivity index (χ3n) is 3.56. The molecule has 1 aliphatic heterocycles. The average Bonchev–Trinajstić information content (AvgIpc) is 2.46. The van der Waals surface area contributed by atoms with E-state index in [-0.39, 0.29) is 12.6 Å². The van der Waals surface area contributed by atoms with Crippen LogP contribution in [-0.2, 0) is 6.18 Å². The molecule has 4 nitrogen and oxygen atoms in total. The van der Waals surface area contributed by atoms with Crippen LogP contribution in [-0.4, -0.2) is 35.2 Å². The summed E-state index contributed by atoms with van der Waals surface area (Å²) in [5.74, 6) is 0. The van der Waals surface area contributed by atoms with Crippen molar-refractivity contribution in [3.05, 3.63) is 29.8 Å². The van der Waals surface area contributed by atoms with E-state index in [0.717, 1.165) is 31.4 Å². The van der Waals surface area contributed by atoms with Gasteiger partial charge in [0.15, 0.2) is 0 Å². The average molecular weight is 302 g/mol. The number of aliphatic hydroxyl groups excluding tert-OH is 1. The normalized spacial score (nSPS) is 19.4. The highest BCUT2D eigenvalue weighted by Crippen LogP contribution is 2.30. The predicted molar refractivity (Wildman–Crippen MR) is 71.9 cm³/mol. The third-order valence-corrected chi connectivity index (χ3v) is 3.56. The third kappa shape index (κ3) is 3.87. The van der Waals surface area contributed by atoms with E-state index < -0.39 is 17.8 Å². The van der Waals surface area contributed by atoms with Gasteiger partial charge >= 0.3 is 12.2 Å². The second-order valence-electron chi connectivity index (χ2n) is 5.03. The van der Waals surface area contributed by atoms with Gasteiger partial charge in [-0.05, 0) is 43.5 Å². The fraction of sp³-hybridized carbons (Fsp3) is 0.500. The van der Waals surface area contributed by atoms with Crippen molar-refractivity contribution in [2.75, 3.05) is 18.5 Å². The maximum atomic E-state index is 12.4. The van der Waals surface area contributed by atoms with Gasteiger partial charge < -0.3 is 15.3 Å². The molecule has 7 heteroatoms. The zero-order chi connectivity index (χ0) is 15.5. The number of amides is 2. The van der Waals surface area contributed by atoms with Gasteiger partial charge in [0.1, 0.15) is 0 Å². The molecule has 1 saturated heterocycles. The van der Waals surface area contributed by atoms with Crippen LogP contribution in [0, 0.1) is 0 Å². The number of anilines is 1. The molecule has 1 unspecified atom stereocenters. The summed E-state index contributed by atoms with van der Waals surface area (Å²) in [5.41, 5.74) is -0.457. The van der Waals surface area contributed by atoms with E-state index in [1.54, 1.807) is 0 Å². The molecule has 2 N–H and O–H groups in total. The van der Waals surface area contributed by atoms with Crippen molar-refractivity contribution >= 4 is 11.7 Å². The molecule has 1 aromatic carbocycles. The van der Waals surface area contributed by atoms with E-state index in [1.807, 2.05) is 0 Å². The molecule has 1 aromatic rings. The highest BCUT2D eigenvalue weighted by atomic mass is 19.4. The topological polar surface area (TPSA) is 52.6 Å². The van der Waals surface area contributed by atoms with Crippen LogP contribution in [0.25, 0.3) is 0 Å². The summed E-state index contributed by atoms with van der Waals surface area (Å²) >= 11 is 0. The summed E-state index contributed by atoms with van der Waals surface area (Å²) in [5, 5.41) is 11.8. The molecular weight excluding hydrogens is 285 g/mol. The molecule has 21 heavy (non-hydrogen) atoms. The van der Waals surface area contributed by atoms with E-state index in [2.05, 4.69) is 5.32 Å². The van der Waals surface area contributed by atoms with Crippen LogP contribution in [0.2, 0.25) is 0 Å². The van der Waals surface area contributed by atoms with Crippen LogP contribution >= 0.6 is 0 Å². The maximum absolute atomic E-state index is 12.4. The van der Waals surface area contributed by atoms with Crippen LogP contribution in [0.1, 0.15) is 24.8 Å². The molecule has 116 valence electrons. The number of hydrogen-bond donors (Lipinski definition) is 2. The first-order valence-corrected chi connectivity index (χ1v) is 6.77. The number of urea groups is 1. The molecule has 2 amide bonds. The lowest BCUT2D eigenvalue weighted by Crippen LogP contribution is -2.47. The minimum atomic E-state index is -4.39. The standard InChI is InChI=1S/C14H17F3N2O2/c15-14(16,17)10-4-6-11(7-5-10)18-13(21)19-8-2-1-3-12(19)9-20/h4-7,12,20H,1-3,8-9H2,(H,18,21). The van der Waals surface area contributed by atoms with Crippen LogP contribution in [0.5, 0.6) is 0 Å². The summed E-state index contributed by atoms with van der Waals surface area (Å²) in [6.45, 7) is 0.429. The lowest BCUT2D eigenvalue weighted by Gasteiger charge is -2.34. The predicted octanol–water partition coefficient (Wildman–Crippen LogP) is 3.08. The van der Waals surface area contributed by atoms with Crippen LogP contribution in [0.15, 0.2) is 24.3 Å². The number of alkyl halides is 3. The zero-order valence-electron chi connectivity index (χ0n) is 11.4. The summed E-state index contributed by atoms with van der Waals surface area (Å²) in [6.07, 6.45) is -1.85. The van der Waals surface area contributed by atoms with Crippen molar-refractivity contribution in [1.82, 2.24) is 4.90 Å². The van der Waals surface area contributed by atoms with Gasteiger partial charge in [-0.2, -0.15) is 13.2 Å². The molecule has 0 bridgehead atoms. The molecule has 1 aliphatic rings.